The van der Waals surface area contributed by atoms with E-state index >= 15 is 0 Å². The van der Waals surface area contributed by atoms with Gasteiger partial charge in [-0.1, -0.05) is 0 Å². The summed E-state index contributed by atoms with van der Waals surface area (Å²) in [7, 11) is 0. The summed E-state index contributed by atoms with van der Waals surface area (Å²) in [6, 6.07) is 0. The van der Waals surface area contributed by atoms with Crippen LogP contribution in [0.3, 0.4) is 0 Å². The van der Waals surface area contributed by atoms with Gasteiger partial charge in [0.15, 0.2) is 0 Å². The van der Waals surface area contributed by atoms with Crippen LogP contribution >= 0.6 is 11.3 Å². The van der Waals surface area contributed by atoms with E-state index in [1.807, 2.05) is 0 Å². The average Bonchev–Trinajstić information content (AvgIpc) is 2.70. The van der Waals surface area contributed by atoms with Crippen LogP contribution in [0.15, 0.2) is 5.38 Å². The zero-order valence-electron chi connectivity index (χ0n) is 10.0. The molecule has 7 heteroatoms. The van der Waals surface area contributed by atoms with Gasteiger partial charge in [-0.25, -0.2) is 4.98 Å². The molecule has 2 amide bonds. The van der Waals surface area contributed by atoms with Gasteiger partial charge in [-0.05, 0) is 13.0 Å². The van der Waals surface area contributed by atoms with Gasteiger partial charge in [-0.2, -0.15) is 0 Å². The second-order valence-electron chi connectivity index (χ2n) is 4.10. The van der Waals surface area contributed by atoms with Gasteiger partial charge >= 0.3 is 0 Å². The van der Waals surface area contributed by atoms with Crippen LogP contribution in [0.25, 0.3) is 0 Å². The Morgan fingerprint density at radius 2 is 2.44 bits per heavy atom. The van der Waals surface area contributed by atoms with Crippen LogP contribution in [-0.2, 0) is 11.2 Å². The Kier molecular flexibility index (Phi) is 4.27. The summed E-state index contributed by atoms with van der Waals surface area (Å²) in [4.78, 5) is 29.4. The first kappa shape index (κ1) is 13.0. The predicted octanol–water partition coefficient (Wildman–Crippen LogP) is -0.394. The highest BCUT2D eigenvalue weighted by atomic mass is 32.1. The van der Waals surface area contributed by atoms with E-state index in [-0.39, 0.29) is 18.4 Å². The van der Waals surface area contributed by atoms with Crippen molar-refractivity contribution in [1.29, 1.82) is 0 Å². The molecule has 1 aromatic heterocycles. The van der Waals surface area contributed by atoms with E-state index in [9.17, 15) is 9.59 Å². The van der Waals surface area contributed by atoms with Gasteiger partial charge in [0, 0.05) is 24.9 Å². The van der Waals surface area contributed by atoms with Crippen LogP contribution in [0.2, 0.25) is 0 Å². The molecule has 1 fully saturated rings. The molecule has 18 heavy (non-hydrogen) atoms. The molecule has 1 aliphatic rings. The van der Waals surface area contributed by atoms with Gasteiger partial charge in [-0.3, -0.25) is 9.59 Å². The lowest BCUT2D eigenvalue weighted by molar-refractivity contribution is -0.121. The first-order valence-corrected chi connectivity index (χ1v) is 6.79. The maximum Gasteiger partial charge on any atom is 0.273 e. The van der Waals surface area contributed by atoms with E-state index in [0.29, 0.717) is 31.7 Å². The van der Waals surface area contributed by atoms with E-state index in [4.69, 9.17) is 5.73 Å². The molecule has 3 N–H and O–H groups in total. The highest BCUT2D eigenvalue weighted by Crippen LogP contribution is 2.13. The Balaban J connectivity index is 2.06. The summed E-state index contributed by atoms with van der Waals surface area (Å²) in [6.07, 6.45) is 1.45. The summed E-state index contributed by atoms with van der Waals surface area (Å²) in [5.74, 6) is -0.287. The van der Waals surface area contributed by atoms with Crippen LogP contribution in [-0.4, -0.2) is 47.9 Å². The van der Waals surface area contributed by atoms with Gasteiger partial charge in [0.2, 0.25) is 5.91 Å². The Morgan fingerprint density at radius 3 is 3.22 bits per heavy atom. The number of nitrogens with zero attached hydrogens (tertiary/aromatic N) is 2. The Bertz CT molecular complexity index is 446. The standard InChI is InChI=1S/C11H16N4O2S/c12-3-2-10-14-8(7-18-10)11(17)15-5-1-4-13-9(16)6-15/h7H,1-6,12H2,(H,13,16). The molecule has 0 radical (unpaired) electrons. The summed E-state index contributed by atoms with van der Waals surface area (Å²) in [6.45, 7) is 1.84. The second-order valence-corrected chi connectivity index (χ2v) is 5.04. The Morgan fingerprint density at radius 1 is 1.61 bits per heavy atom. The molecule has 1 aromatic rings. The molecular weight excluding hydrogens is 252 g/mol. The minimum atomic E-state index is -0.174. The molecule has 0 bridgehead atoms. The van der Waals surface area contributed by atoms with Crippen molar-refractivity contribution in [3.05, 3.63) is 16.1 Å². The predicted molar refractivity (Wildman–Crippen MR) is 68.4 cm³/mol. The number of nitrogens with one attached hydrogen (secondary N) is 1. The lowest BCUT2D eigenvalue weighted by Crippen LogP contribution is -2.37. The SMILES string of the molecule is NCCc1nc(C(=O)N2CCCNC(=O)C2)cs1. The van der Waals surface area contributed by atoms with Crippen molar-refractivity contribution in [3.63, 3.8) is 0 Å². The lowest BCUT2D eigenvalue weighted by Gasteiger charge is -2.17. The van der Waals surface area contributed by atoms with Crippen LogP contribution < -0.4 is 11.1 Å². The number of hydrogen-bond donors (Lipinski definition) is 2. The van der Waals surface area contributed by atoms with Crippen LogP contribution in [0.1, 0.15) is 21.9 Å². The smallest absolute Gasteiger partial charge is 0.273 e. The molecule has 6 nitrogen and oxygen atoms in total. The normalized spacial score (nSPS) is 16.3. The van der Waals surface area contributed by atoms with Gasteiger partial charge in [0.25, 0.3) is 5.91 Å². The molecule has 0 unspecified atom stereocenters. The maximum absolute atomic E-state index is 12.2. The highest BCUT2D eigenvalue weighted by molar-refractivity contribution is 7.09. The second kappa shape index (κ2) is 5.92. The highest BCUT2D eigenvalue weighted by Gasteiger charge is 2.22. The molecule has 1 saturated heterocycles. The summed E-state index contributed by atoms with van der Waals surface area (Å²) < 4.78 is 0. The number of aromatic nitrogens is 1. The van der Waals surface area contributed by atoms with Gasteiger partial charge in [0.05, 0.1) is 11.6 Å². The zero-order chi connectivity index (χ0) is 13.0. The molecule has 2 heterocycles. The molecular formula is C11H16N4O2S. The minimum absolute atomic E-state index is 0.113. The summed E-state index contributed by atoms with van der Waals surface area (Å²) in [5.41, 5.74) is 5.86. The number of thiazole rings is 1. The van der Waals surface area contributed by atoms with Gasteiger partial charge in [-0.15, -0.1) is 11.3 Å². The van der Waals surface area contributed by atoms with Crippen molar-refractivity contribution < 1.29 is 9.59 Å². The fourth-order valence-electron chi connectivity index (χ4n) is 1.79. The van der Waals surface area contributed by atoms with Crippen molar-refractivity contribution in [1.82, 2.24) is 15.2 Å². The van der Waals surface area contributed by atoms with Crippen molar-refractivity contribution >= 4 is 23.2 Å². The van der Waals surface area contributed by atoms with Gasteiger partial charge in [0.1, 0.15) is 5.69 Å². The number of hydrogen-bond acceptors (Lipinski definition) is 5. The molecule has 0 saturated carbocycles. The Hall–Kier alpha value is -1.47. The fourth-order valence-corrected chi connectivity index (χ4v) is 2.58. The molecule has 0 spiro atoms. The number of carbonyl (C=O) groups excluding carboxylic acids is 2. The van der Waals surface area contributed by atoms with Crippen LogP contribution in [0.5, 0.6) is 0 Å². The minimum Gasteiger partial charge on any atom is -0.354 e. The molecule has 1 aliphatic heterocycles. The number of carbonyl (C=O) groups is 2. The van der Waals surface area contributed by atoms with Gasteiger partial charge < -0.3 is 16.0 Å². The maximum atomic E-state index is 12.2. The van der Waals surface area contributed by atoms with Crippen LogP contribution in [0, 0.1) is 0 Å². The van der Waals surface area contributed by atoms with E-state index < -0.39 is 0 Å². The number of rotatable bonds is 3. The molecule has 98 valence electrons. The third-order valence-electron chi connectivity index (χ3n) is 2.68. The molecule has 0 aliphatic carbocycles. The third-order valence-corrected chi connectivity index (χ3v) is 3.59. The first-order chi connectivity index (χ1) is 8.70. The molecule has 0 aromatic carbocycles. The van der Waals surface area contributed by atoms with Crippen molar-refractivity contribution in [2.75, 3.05) is 26.2 Å². The van der Waals surface area contributed by atoms with Crippen molar-refractivity contribution in [2.45, 2.75) is 12.8 Å². The molecule has 0 atom stereocenters. The monoisotopic (exact) mass is 268 g/mol. The quantitative estimate of drug-likeness (QED) is 0.781. The zero-order valence-corrected chi connectivity index (χ0v) is 10.8. The average molecular weight is 268 g/mol. The molecule has 2 rings (SSSR count). The largest absolute Gasteiger partial charge is 0.354 e. The Labute approximate surface area is 109 Å². The fraction of sp³-hybridized carbons (Fsp3) is 0.545. The number of amides is 2. The van der Waals surface area contributed by atoms with E-state index in [1.54, 1.807) is 10.3 Å². The first-order valence-electron chi connectivity index (χ1n) is 5.91. The van der Waals surface area contributed by atoms with Crippen LogP contribution in [0.4, 0.5) is 0 Å². The lowest BCUT2D eigenvalue weighted by atomic mass is 10.3. The van der Waals surface area contributed by atoms with E-state index in [2.05, 4.69) is 10.3 Å². The van der Waals surface area contributed by atoms with Crippen molar-refractivity contribution in [2.24, 2.45) is 5.73 Å². The third kappa shape index (κ3) is 3.05. The van der Waals surface area contributed by atoms with Crippen molar-refractivity contribution in [3.8, 4) is 0 Å². The topological polar surface area (TPSA) is 88.3 Å². The number of nitrogens with two attached hydrogens (primary N) is 1. The van der Waals surface area contributed by atoms with E-state index in [0.717, 1.165) is 11.4 Å². The summed E-state index contributed by atoms with van der Waals surface area (Å²) >= 11 is 1.43. The summed E-state index contributed by atoms with van der Waals surface area (Å²) in [5, 5.41) is 5.33. The van der Waals surface area contributed by atoms with E-state index in [1.165, 1.54) is 11.3 Å².